The summed E-state index contributed by atoms with van der Waals surface area (Å²) in [6, 6.07) is 5.90. The number of aromatic amines is 1. The number of hydrogen-bond donors (Lipinski definition) is 3. The highest BCUT2D eigenvalue weighted by atomic mass is 16.1. The molecule has 1 amide bonds. The monoisotopic (exact) mass is 244 g/mol. The summed E-state index contributed by atoms with van der Waals surface area (Å²) in [6.45, 7) is 0. The van der Waals surface area contributed by atoms with Crippen molar-refractivity contribution in [1.29, 1.82) is 0 Å². The second-order valence-corrected chi connectivity index (χ2v) is 4.93. The largest absolute Gasteiger partial charge is 0.328 e. The molecule has 0 unspecified atom stereocenters. The van der Waals surface area contributed by atoms with Gasteiger partial charge in [0.05, 0.1) is 11.7 Å². The highest BCUT2D eigenvalue weighted by Gasteiger charge is 2.27. The van der Waals surface area contributed by atoms with Crippen molar-refractivity contribution < 1.29 is 4.79 Å². The van der Waals surface area contributed by atoms with Gasteiger partial charge in [0.1, 0.15) is 0 Å². The van der Waals surface area contributed by atoms with E-state index in [1.54, 1.807) is 6.20 Å². The summed E-state index contributed by atoms with van der Waals surface area (Å²) in [7, 11) is 0. The first-order valence-electron chi connectivity index (χ1n) is 6.22. The summed E-state index contributed by atoms with van der Waals surface area (Å²) in [5.74, 6) is 0.130. The Hall–Kier alpha value is -1.88. The fraction of sp³-hybridized carbons (Fsp3) is 0.385. The number of rotatable bonds is 2. The van der Waals surface area contributed by atoms with E-state index in [0.29, 0.717) is 0 Å². The molecule has 94 valence electrons. The molecule has 1 aromatic carbocycles. The third-order valence-electron chi connectivity index (χ3n) is 3.55. The average molecular weight is 244 g/mol. The Balaban J connectivity index is 1.73. The Morgan fingerprint density at radius 2 is 2.33 bits per heavy atom. The maximum absolute atomic E-state index is 12.0. The van der Waals surface area contributed by atoms with Crippen LogP contribution in [-0.2, 0) is 4.79 Å². The van der Waals surface area contributed by atoms with E-state index in [9.17, 15) is 4.79 Å². The van der Waals surface area contributed by atoms with Gasteiger partial charge in [-0.2, -0.15) is 5.10 Å². The summed E-state index contributed by atoms with van der Waals surface area (Å²) in [6.07, 6.45) is 4.37. The molecule has 1 fully saturated rings. The molecule has 1 aliphatic carbocycles. The van der Waals surface area contributed by atoms with E-state index in [0.717, 1.165) is 35.9 Å². The summed E-state index contributed by atoms with van der Waals surface area (Å²) in [4.78, 5) is 12.0. The predicted octanol–water partition coefficient (Wildman–Crippen LogP) is 1.63. The Kier molecular flexibility index (Phi) is 2.76. The fourth-order valence-corrected chi connectivity index (χ4v) is 2.52. The van der Waals surface area contributed by atoms with Gasteiger partial charge >= 0.3 is 0 Å². The standard InChI is InChI=1S/C13H16N4O/c14-10-2-1-8(5-10)13(18)16-11-3-4-12-9(6-11)7-15-17-12/h3-4,6-8,10H,1-2,5,14H2,(H,15,17)(H,16,18)/t8-,10-/m1/s1. The summed E-state index contributed by atoms with van der Waals surface area (Å²) in [5, 5.41) is 10.8. The predicted molar refractivity (Wildman–Crippen MR) is 70.0 cm³/mol. The Morgan fingerprint density at radius 1 is 1.44 bits per heavy atom. The van der Waals surface area contributed by atoms with Crippen LogP contribution in [0, 0.1) is 5.92 Å². The molecule has 0 spiro atoms. The summed E-state index contributed by atoms with van der Waals surface area (Å²) >= 11 is 0. The fourth-order valence-electron chi connectivity index (χ4n) is 2.52. The van der Waals surface area contributed by atoms with Gasteiger partial charge in [0, 0.05) is 23.0 Å². The van der Waals surface area contributed by atoms with Crippen LogP contribution in [0.3, 0.4) is 0 Å². The van der Waals surface area contributed by atoms with E-state index < -0.39 is 0 Å². The smallest absolute Gasteiger partial charge is 0.227 e. The number of fused-ring (bicyclic) bond motifs is 1. The van der Waals surface area contributed by atoms with Crippen LogP contribution in [0.2, 0.25) is 0 Å². The summed E-state index contributed by atoms with van der Waals surface area (Å²) in [5.41, 5.74) is 7.61. The second-order valence-electron chi connectivity index (χ2n) is 4.93. The number of nitrogens with zero attached hydrogens (tertiary/aromatic N) is 1. The van der Waals surface area contributed by atoms with E-state index >= 15 is 0 Å². The molecule has 18 heavy (non-hydrogen) atoms. The van der Waals surface area contributed by atoms with E-state index in [1.807, 2.05) is 18.2 Å². The number of anilines is 1. The quantitative estimate of drug-likeness (QED) is 0.750. The van der Waals surface area contributed by atoms with E-state index in [-0.39, 0.29) is 17.9 Å². The number of nitrogens with one attached hydrogen (secondary N) is 2. The van der Waals surface area contributed by atoms with Crippen molar-refractivity contribution >= 4 is 22.5 Å². The minimum atomic E-state index is 0.0556. The molecule has 0 bridgehead atoms. The Bertz CT molecular complexity index is 577. The zero-order chi connectivity index (χ0) is 12.5. The van der Waals surface area contributed by atoms with Gasteiger partial charge < -0.3 is 11.1 Å². The number of hydrogen-bond acceptors (Lipinski definition) is 3. The molecule has 0 radical (unpaired) electrons. The van der Waals surface area contributed by atoms with Crippen LogP contribution >= 0.6 is 0 Å². The number of aromatic nitrogens is 2. The Labute approximate surface area is 105 Å². The molecule has 2 aromatic rings. The summed E-state index contributed by atoms with van der Waals surface area (Å²) < 4.78 is 0. The van der Waals surface area contributed by atoms with E-state index in [4.69, 9.17) is 5.73 Å². The van der Waals surface area contributed by atoms with Crippen molar-refractivity contribution in [2.24, 2.45) is 11.7 Å². The van der Waals surface area contributed by atoms with Gasteiger partial charge in [0.2, 0.25) is 5.91 Å². The van der Waals surface area contributed by atoms with Crippen molar-refractivity contribution in [3.8, 4) is 0 Å². The van der Waals surface area contributed by atoms with Gasteiger partial charge in [-0.3, -0.25) is 9.89 Å². The SMILES string of the molecule is N[C@@H]1CC[C@@H](C(=O)Nc2ccc3[nH]ncc3c2)C1. The average Bonchev–Trinajstić information content (AvgIpc) is 2.96. The molecular formula is C13H16N4O. The van der Waals surface area contributed by atoms with Gasteiger partial charge in [-0.05, 0) is 37.5 Å². The van der Waals surface area contributed by atoms with Crippen LogP contribution < -0.4 is 11.1 Å². The van der Waals surface area contributed by atoms with E-state index in [1.165, 1.54) is 0 Å². The third-order valence-corrected chi connectivity index (χ3v) is 3.55. The molecule has 3 rings (SSSR count). The van der Waals surface area contributed by atoms with Crippen LogP contribution in [0.25, 0.3) is 10.9 Å². The van der Waals surface area contributed by atoms with Crippen LogP contribution in [-0.4, -0.2) is 22.1 Å². The van der Waals surface area contributed by atoms with Gasteiger partial charge in [0.15, 0.2) is 0 Å². The number of carbonyl (C=O) groups is 1. The lowest BCUT2D eigenvalue weighted by molar-refractivity contribution is -0.119. The van der Waals surface area contributed by atoms with E-state index in [2.05, 4.69) is 15.5 Å². The molecule has 1 heterocycles. The molecule has 2 atom stereocenters. The topological polar surface area (TPSA) is 83.8 Å². The third kappa shape index (κ3) is 2.09. The van der Waals surface area contributed by atoms with Gasteiger partial charge in [-0.1, -0.05) is 0 Å². The molecular weight excluding hydrogens is 228 g/mol. The van der Waals surface area contributed by atoms with Crippen LogP contribution in [0.1, 0.15) is 19.3 Å². The molecule has 0 saturated heterocycles. The van der Waals surface area contributed by atoms with Crippen molar-refractivity contribution in [2.75, 3.05) is 5.32 Å². The lowest BCUT2D eigenvalue weighted by Crippen LogP contribution is -2.23. The lowest BCUT2D eigenvalue weighted by atomic mass is 10.1. The molecule has 5 heteroatoms. The van der Waals surface area contributed by atoms with Crippen LogP contribution in [0.4, 0.5) is 5.69 Å². The highest BCUT2D eigenvalue weighted by molar-refractivity contribution is 5.95. The first kappa shape index (κ1) is 11.2. The molecule has 5 nitrogen and oxygen atoms in total. The van der Waals surface area contributed by atoms with Crippen molar-refractivity contribution in [3.05, 3.63) is 24.4 Å². The van der Waals surface area contributed by atoms with Crippen molar-refractivity contribution in [2.45, 2.75) is 25.3 Å². The molecule has 0 aliphatic heterocycles. The maximum atomic E-state index is 12.0. The van der Waals surface area contributed by atoms with Crippen molar-refractivity contribution in [3.63, 3.8) is 0 Å². The number of carbonyl (C=O) groups excluding carboxylic acids is 1. The maximum Gasteiger partial charge on any atom is 0.227 e. The number of nitrogens with two attached hydrogens (primary N) is 1. The lowest BCUT2D eigenvalue weighted by Gasteiger charge is -2.10. The molecule has 1 aliphatic rings. The zero-order valence-corrected chi connectivity index (χ0v) is 10.0. The highest BCUT2D eigenvalue weighted by Crippen LogP contribution is 2.26. The van der Waals surface area contributed by atoms with Gasteiger partial charge in [-0.25, -0.2) is 0 Å². The van der Waals surface area contributed by atoms with Gasteiger partial charge in [0.25, 0.3) is 0 Å². The number of amides is 1. The normalized spacial score (nSPS) is 23.4. The van der Waals surface area contributed by atoms with Crippen LogP contribution in [0.5, 0.6) is 0 Å². The Morgan fingerprint density at radius 3 is 3.11 bits per heavy atom. The zero-order valence-electron chi connectivity index (χ0n) is 10.0. The van der Waals surface area contributed by atoms with Crippen LogP contribution in [0.15, 0.2) is 24.4 Å². The first-order chi connectivity index (χ1) is 8.72. The second kappa shape index (κ2) is 4.42. The minimum Gasteiger partial charge on any atom is -0.328 e. The molecule has 1 saturated carbocycles. The minimum absolute atomic E-state index is 0.0556. The van der Waals surface area contributed by atoms with Gasteiger partial charge in [-0.15, -0.1) is 0 Å². The number of H-pyrrole nitrogens is 1. The first-order valence-corrected chi connectivity index (χ1v) is 6.22. The molecule has 1 aromatic heterocycles. The molecule has 4 N–H and O–H groups in total. The van der Waals surface area contributed by atoms with Crippen molar-refractivity contribution in [1.82, 2.24) is 10.2 Å². The number of benzene rings is 1.